The van der Waals surface area contributed by atoms with Crippen molar-refractivity contribution in [1.82, 2.24) is 0 Å². The summed E-state index contributed by atoms with van der Waals surface area (Å²) in [6.45, 7) is 1.73. The molecule has 0 bridgehead atoms. The van der Waals surface area contributed by atoms with Crippen molar-refractivity contribution < 1.29 is 18.3 Å². The Hall–Kier alpha value is -1.08. The molecule has 1 aromatic carbocycles. The minimum absolute atomic E-state index is 0.189. The lowest BCUT2D eigenvalue weighted by Gasteiger charge is -2.39. The number of carbonyl (C=O) groups is 1. The monoisotopic (exact) mass is 347 g/mol. The van der Waals surface area contributed by atoms with Gasteiger partial charge < -0.3 is 10.0 Å². The molecular formula is C12H14BrNO4S. The standard InChI is InChI=1S/C12H14BrNO4S/c1-7-10(6-11(15)16)19(17,18)9-5-3-4-8(13)12(9)14(7)2/h3-5,7,10H,6H2,1-2H3,(H,15,16). The lowest BCUT2D eigenvalue weighted by molar-refractivity contribution is -0.137. The maximum atomic E-state index is 12.5. The van der Waals surface area contributed by atoms with Gasteiger partial charge in [-0.15, -0.1) is 0 Å². The van der Waals surface area contributed by atoms with Crippen LogP contribution in [0.5, 0.6) is 0 Å². The number of benzene rings is 1. The summed E-state index contributed by atoms with van der Waals surface area (Å²) in [7, 11) is -1.86. The number of aliphatic carboxylic acids is 1. The molecule has 0 saturated carbocycles. The Morgan fingerprint density at radius 2 is 2.11 bits per heavy atom. The summed E-state index contributed by atoms with van der Waals surface area (Å²) in [6, 6.07) is 4.54. The fraction of sp³-hybridized carbons (Fsp3) is 0.417. The van der Waals surface area contributed by atoms with Gasteiger partial charge in [0.05, 0.1) is 22.3 Å². The van der Waals surface area contributed by atoms with Crippen molar-refractivity contribution in [2.75, 3.05) is 11.9 Å². The summed E-state index contributed by atoms with van der Waals surface area (Å²) in [5, 5.41) is 7.98. The Morgan fingerprint density at radius 1 is 1.47 bits per heavy atom. The van der Waals surface area contributed by atoms with E-state index in [1.54, 1.807) is 26.1 Å². The number of sulfone groups is 1. The molecule has 1 aliphatic heterocycles. The third-order valence-electron chi connectivity index (χ3n) is 3.53. The van der Waals surface area contributed by atoms with Gasteiger partial charge in [-0.3, -0.25) is 4.79 Å². The molecule has 0 saturated heterocycles. The SMILES string of the molecule is CC1C(CC(=O)O)S(=O)(=O)c2cccc(Br)c2N1C. The van der Waals surface area contributed by atoms with Crippen molar-refractivity contribution in [3.05, 3.63) is 22.7 Å². The van der Waals surface area contributed by atoms with Crippen LogP contribution in [0.4, 0.5) is 5.69 Å². The molecule has 2 rings (SSSR count). The van der Waals surface area contributed by atoms with Gasteiger partial charge in [0.1, 0.15) is 0 Å². The molecule has 2 unspecified atom stereocenters. The van der Waals surface area contributed by atoms with Crippen LogP contribution in [0.2, 0.25) is 0 Å². The second-order valence-electron chi connectivity index (χ2n) is 4.62. The molecule has 104 valence electrons. The first-order valence-electron chi connectivity index (χ1n) is 5.74. The number of rotatable bonds is 2. The third-order valence-corrected chi connectivity index (χ3v) is 6.47. The van der Waals surface area contributed by atoms with Crippen LogP contribution < -0.4 is 4.90 Å². The lowest BCUT2D eigenvalue weighted by atomic mass is 10.1. The smallest absolute Gasteiger partial charge is 0.304 e. The molecule has 1 N–H and O–H groups in total. The van der Waals surface area contributed by atoms with Gasteiger partial charge >= 0.3 is 5.97 Å². The fourth-order valence-electron chi connectivity index (χ4n) is 2.40. The van der Waals surface area contributed by atoms with Crippen LogP contribution in [0.1, 0.15) is 13.3 Å². The molecule has 0 radical (unpaired) electrons. The maximum absolute atomic E-state index is 12.5. The Kier molecular flexibility index (Phi) is 3.61. The molecule has 5 nitrogen and oxygen atoms in total. The number of fused-ring (bicyclic) bond motifs is 1. The average molecular weight is 348 g/mol. The molecule has 0 aliphatic carbocycles. The van der Waals surface area contributed by atoms with Gasteiger partial charge in [-0.1, -0.05) is 6.07 Å². The van der Waals surface area contributed by atoms with E-state index < -0.39 is 27.1 Å². The molecule has 7 heteroatoms. The van der Waals surface area contributed by atoms with Crippen LogP contribution >= 0.6 is 15.9 Å². The Labute approximate surface area is 120 Å². The molecule has 0 aromatic heterocycles. The largest absolute Gasteiger partial charge is 0.481 e. The summed E-state index contributed by atoms with van der Waals surface area (Å²) in [5.41, 5.74) is 0.594. The van der Waals surface area contributed by atoms with Gasteiger partial charge in [0.15, 0.2) is 9.84 Å². The summed E-state index contributed by atoms with van der Waals surface area (Å²) < 4.78 is 25.8. The molecule has 19 heavy (non-hydrogen) atoms. The number of hydrogen-bond donors (Lipinski definition) is 1. The van der Waals surface area contributed by atoms with Crippen molar-refractivity contribution in [3.8, 4) is 0 Å². The Morgan fingerprint density at radius 3 is 2.68 bits per heavy atom. The van der Waals surface area contributed by atoms with Gasteiger partial charge in [0.25, 0.3) is 0 Å². The zero-order valence-electron chi connectivity index (χ0n) is 10.5. The number of carboxylic acid groups (broad SMARTS) is 1. The highest BCUT2D eigenvalue weighted by Crippen LogP contribution is 2.41. The number of halogens is 1. The van der Waals surface area contributed by atoms with E-state index in [0.29, 0.717) is 10.2 Å². The first-order valence-corrected chi connectivity index (χ1v) is 8.07. The summed E-state index contributed by atoms with van der Waals surface area (Å²) in [4.78, 5) is 12.9. The summed E-state index contributed by atoms with van der Waals surface area (Å²) >= 11 is 3.35. The molecule has 2 atom stereocenters. The van der Waals surface area contributed by atoms with Crippen molar-refractivity contribution >= 4 is 37.4 Å². The first kappa shape index (κ1) is 14.3. The van der Waals surface area contributed by atoms with E-state index in [1.807, 2.05) is 4.90 Å². The number of nitrogens with zero attached hydrogens (tertiary/aromatic N) is 1. The second-order valence-corrected chi connectivity index (χ2v) is 7.61. The normalized spacial score (nSPS) is 24.9. The van der Waals surface area contributed by atoms with Gasteiger partial charge in [0.2, 0.25) is 0 Å². The Bertz CT molecular complexity index is 629. The highest BCUT2D eigenvalue weighted by molar-refractivity contribution is 9.10. The van der Waals surface area contributed by atoms with Gasteiger partial charge in [-0.25, -0.2) is 8.42 Å². The third kappa shape index (κ3) is 2.25. The van der Waals surface area contributed by atoms with E-state index >= 15 is 0 Å². The van der Waals surface area contributed by atoms with E-state index in [9.17, 15) is 13.2 Å². The van der Waals surface area contributed by atoms with E-state index in [1.165, 1.54) is 6.07 Å². The topological polar surface area (TPSA) is 74.7 Å². The van der Waals surface area contributed by atoms with Crippen LogP contribution in [0.15, 0.2) is 27.6 Å². The predicted octanol–water partition coefficient (Wildman–Crippen LogP) is 1.90. The number of para-hydroxylation sites is 1. The molecule has 0 amide bonds. The highest BCUT2D eigenvalue weighted by atomic mass is 79.9. The van der Waals surface area contributed by atoms with Crippen LogP contribution in [0.3, 0.4) is 0 Å². The molecule has 0 spiro atoms. The summed E-state index contributed by atoms with van der Waals surface area (Å²) in [6.07, 6.45) is -0.389. The van der Waals surface area contributed by atoms with Gasteiger partial charge in [-0.2, -0.15) is 0 Å². The molecule has 1 aromatic rings. The van der Waals surface area contributed by atoms with Crippen LogP contribution in [0.25, 0.3) is 0 Å². The quantitative estimate of drug-likeness (QED) is 0.884. The van der Waals surface area contributed by atoms with Crippen LogP contribution in [-0.4, -0.2) is 37.8 Å². The van der Waals surface area contributed by atoms with Crippen LogP contribution in [0, 0.1) is 0 Å². The van der Waals surface area contributed by atoms with Crippen molar-refractivity contribution in [2.45, 2.75) is 29.5 Å². The molecule has 1 aliphatic rings. The van der Waals surface area contributed by atoms with E-state index in [-0.39, 0.29) is 11.3 Å². The molecule has 1 heterocycles. The van der Waals surface area contributed by atoms with E-state index in [0.717, 1.165) is 0 Å². The van der Waals surface area contributed by atoms with E-state index in [2.05, 4.69) is 15.9 Å². The van der Waals surface area contributed by atoms with Gasteiger partial charge in [-0.05, 0) is 35.0 Å². The molecular weight excluding hydrogens is 334 g/mol. The van der Waals surface area contributed by atoms with Crippen molar-refractivity contribution in [3.63, 3.8) is 0 Å². The second kappa shape index (κ2) is 4.79. The first-order chi connectivity index (χ1) is 8.76. The minimum atomic E-state index is -3.64. The van der Waals surface area contributed by atoms with Gasteiger partial charge in [0, 0.05) is 17.6 Å². The van der Waals surface area contributed by atoms with E-state index in [4.69, 9.17) is 5.11 Å². The van der Waals surface area contributed by atoms with Crippen molar-refractivity contribution in [1.29, 1.82) is 0 Å². The zero-order valence-corrected chi connectivity index (χ0v) is 12.9. The number of carboxylic acids is 1. The molecule has 0 fully saturated rings. The predicted molar refractivity (Wildman–Crippen MR) is 75.2 cm³/mol. The number of anilines is 1. The van der Waals surface area contributed by atoms with Crippen LogP contribution in [-0.2, 0) is 14.6 Å². The Balaban J connectivity index is 2.66. The van der Waals surface area contributed by atoms with Crippen molar-refractivity contribution in [2.24, 2.45) is 0 Å². The minimum Gasteiger partial charge on any atom is -0.481 e. The summed E-state index contributed by atoms with van der Waals surface area (Å²) in [5.74, 6) is -1.10. The zero-order chi connectivity index (χ0) is 14.4. The number of hydrogen-bond acceptors (Lipinski definition) is 4. The highest BCUT2D eigenvalue weighted by Gasteiger charge is 2.43. The maximum Gasteiger partial charge on any atom is 0.304 e. The fourth-order valence-corrected chi connectivity index (χ4v) is 5.35. The lowest BCUT2D eigenvalue weighted by Crippen LogP contribution is -2.49. The average Bonchev–Trinajstić information content (AvgIpc) is 2.32.